The molecular weight excluding hydrogens is 214 g/mol. The Morgan fingerprint density at radius 1 is 1.06 bits per heavy atom. The van der Waals surface area contributed by atoms with Crippen LogP contribution >= 0.6 is 0 Å². The van der Waals surface area contributed by atoms with Crippen LogP contribution in [0.5, 0.6) is 0 Å². The van der Waals surface area contributed by atoms with Crippen molar-refractivity contribution >= 4 is 5.91 Å². The van der Waals surface area contributed by atoms with Crippen molar-refractivity contribution in [2.24, 2.45) is 11.8 Å². The van der Waals surface area contributed by atoms with Gasteiger partial charge in [-0.1, -0.05) is 19.3 Å². The fourth-order valence-electron chi connectivity index (χ4n) is 2.94. The first-order valence-electron chi connectivity index (χ1n) is 7.21. The molecule has 3 heteroatoms. The molecule has 1 saturated heterocycles. The summed E-state index contributed by atoms with van der Waals surface area (Å²) in [6.45, 7) is 2.67. The fourth-order valence-corrected chi connectivity index (χ4v) is 2.94. The van der Waals surface area contributed by atoms with Gasteiger partial charge in [0.2, 0.25) is 5.91 Å². The Morgan fingerprint density at radius 3 is 2.47 bits per heavy atom. The molecule has 1 aliphatic heterocycles. The molecule has 0 atom stereocenters. The Morgan fingerprint density at radius 2 is 1.76 bits per heavy atom. The molecule has 1 heterocycles. The summed E-state index contributed by atoms with van der Waals surface area (Å²) in [5, 5.41) is 3.12. The number of amides is 1. The maximum absolute atomic E-state index is 11.9. The zero-order valence-corrected chi connectivity index (χ0v) is 10.7. The van der Waals surface area contributed by atoms with E-state index in [9.17, 15) is 4.79 Å². The van der Waals surface area contributed by atoms with Crippen LogP contribution in [-0.4, -0.2) is 25.7 Å². The second-order valence-electron chi connectivity index (χ2n) is 5.47. The predicted octanol–water partition coefficient (Wildman–Crippen LogP) is 2.50. The first kappa shape index (κ1) is 12.9. The number of hydrogen-bond donors (Lipinski definition) is 1. The highest BCUT2D eigenvalue weighted by Crippen LogP contribution is 2.23. The largest absolute Gasteiger partial charge is 0.381 e. The third-order valence-corrected chi connectivity index (χ3v) is 4.17. The minimum absolute atomic E-state index is 0.303. The minimum Gasteiger partial charge on any atom is -0.381 e. The summed E-state index contributed by atoms with van der Waals surface area (Å²) < 4.78 is 5.33. The lowest BCUT2D eigenvalue weighted by molar-refractivity contribution is -0.125. The molecule has 0 aromatic rings. The molecule has 0 spiro atoms. The minimum atomic E-state index is 0.303. The van der Waals surface area contributed by atoms with E-state index in [4.69, 9.17) is 4.74 Å². The zero-order chi connectivity index (χ0) is 11.9. The molecule has 0 aromatic heterocycles. The normalized spacial score (nSPS) is 23.5. The lowest BCUT2D eigenvalue weighted by Gasteiger charge is -2.23. The van der Waals surface area contributed by atoms with Crippen LogP contribution < -0.4 is 5.32 Å². The smallest absolute Gasteiger partial charge is 0.223 e. The van der Waals surface area contributed by atoms with E-state index in [0.29, 0.717) is 11.8 Å². The molecule has 1 amide bonds. The highest BCUT2D eigenvalue weighted by Gasteiger charge is 2.21. The highest BCUT2D eigenvalue weighted by molar-refractivity contribution is 5.78. The number of hydrogen-bond acceptors (Lipinski definition) is 2. The van der Waals surface area contributed by atoms with Gasteiger partial charge in [0.1, 0.15) is 0 Å². The van der Waals surface area contributed by atoms with Gasteiger partial charge in [-0.3, -0.25) is 4.79 Å². The first-order chi connectivity index (χ1) is 8.36. The Bertz CT molecular complexity index is 230. The molecule has 2 rings (SSSR count). The van der Waals surface area contributed by atoms with Crippen LogP contribution in [0.1, 0.15) is 51.4 Å². The number of ether oxygens (including phenoxy) is 1. The number of carbonyl (C=O) groups is 1. The van der Waals surface area contributed by atoms with Crippen LogP contribution in [0, 0.1) is 11.8 Å². The van der Waals surface area contributed by atoms with Crippen molar-refractivity contribution in [3.8, 4) is 0 Å². The topological polar surface area (TPSA) is 38.3 Å². The van der Waals surface area contributed by atoms with E-state index in [-0.39, 0.29) is 0 Å². The summed E-state index contributed by atoms with van der Waals surface area (Å²) in [6.07, 6.45) is 9.44. The van der Waals surface area contributed by atoms with E-state index >= 15 is 0 Å². The van der Waals surface area contributed by atoms with Gasteiger partial charge < -0.3 is 10.1 Å². The zero-order valence-electron chi connectivity index (χ0n) is 10.7. The predicted molar refractivity (Wildman–Crippen MR) is 67.7 cm³/mol. The summed E-state index contributed by atoms with van der Waals surface area (Å²) in [7, 11) is 0. The lowest BCUT2D eigenvalue weighted by Crippen LogP contribution is -2.33. The lowest BCUT2D eigenvalue weighted by atomic mass is 9.88. The van der Waals surface area contributed by atoms with Crippen LogP contribution in [0.3, 0.4) is 0 Å². The average molecular weight is 239 g/mol. The molecule has 1 aliphatic carbocycles. The van der Waals surface area contributed by atoms with Crippen LogP contribution in [-0.2, 0) is 9.53 Å². The molecule has 17 heavy (non-hydrogen) atoms. The van der Waals surface area contributed by atoms with Crippen molar-refractivity contribution < 1.29 is 9.53 Å². The second kappa shape index (κ2) is 7.00. The molecule has 0 aromatic carbocycles. The number of nitrogens with one attached hydrogen (secondary N) is 1. The van der Waals surface area contributed by atoms with Crippen molar-refractivity contribution in [3.05, 3.63) is 0 Å². The van der Waals surface area contributed by atoms with Crippen molar-refractivity contribution in [1.29, 1.82) is 0 Å². The average Bonchev–Trinajstić information content (AvgIpc) is 2.41. The molecule has 1 N–H and O–H groups in total. The van der Waals surface area contributed by atoms with E-state index in [1.165, 1.54) is 32.1 Å². The fraction of sp³-hybridized carbons (Fsp3) is 0.929. The molecule has 3 nitrogen and oxygen atoms in total. The van der Waals surface area contributed by atoms with E-state index in [0.717, 1.165) is 44.9 Å². The quantitative estimate of drug-likeness (QED) is 0.818. The van der Waals surface area contributed by atoms with Gasteiger partial charge >= 0.3 is 0 Å². The molecule has 0 unspecified atom stereocenters. The van der Waals surface area contributed by atoms with Gasteiger partial charge in [-0.2, -0.15) is 0 Å². The van der Waals surface area contributed by atoms with Crippen molar-refractivity contribution in [1.82, 2.24) is 5.32 Å². The van der Waals surface area contributed by atoms with E-state index in [1.807, 2.05) is 0 Å². The molecule has 98 valence electrons. The summed E-state index contributed by atoms with van der Waals surface area (Å²) in [5.41, 5.74) is 0. The van der Waals surface area contributed by atoms with Gasteiger partial charge in [-0.05, 0) is 38.0 Å². The standard InChI is InChI=1S/C14H25NO2/c16-14(13-4-2-1-3-5-13)15-9-6-12-7-10-17-11-8-12/h12-13H,1-11H2,(H,15,16). The number of carbonyl (C=O) groups excluding carboxylic acids is 1. The highest BCUT2D eigenvalue weighted by atomic mass is 16.5. The first-order valence-corrected chi connectivity index (χ1v) is 7.21. The number of rotatable bonds is 4. The Hall–Kier alpha value is -0.570. The molecule has 2 fully saturated rings. The van der Waals surface area contributed by atoms with Crippen molar-refractivity contribution in [2.75, 3.05) is 19.8 Å². The van der Waals surface area contributed by atoms with Gasteiger partial charge in [-0.25, -0.2) is 0 Å². The Kier molecular flexibility index (Phi) is 5.30. The van der Waals surface area contributed by atoms with Gasteiger partial charge in [0.15, 0.2) is 0 Å². The third kappa shape index (κ3) is 4.30. The molecule has 2 aliphatic rings. The van der Waals surface area contributed by atoms with Crippen molar-refractivity contribution in [2.45, 2.75) is 51.4 Å². The van der Waals surface area contributed by atoms with Crippen molar-refractivity contribution in [3.63, 3.8) is 0 Å². The Balaban J connectivity index is 1.58. The summed E-state index contributed by atoms with van der Waals surface area (Å²) in [6, 6.07) is 0. The van der Waals surface area contributed by atoms with Crippen LogP contribution in [0.4, 0.5) is 0 Å². The third-order valence-electron chi connectivity index (χ3n) is 4.17. The summed E-state index contributed by atoms with van der Waals surface area (Å²) in [4.78, 5) is 11.9. The summed E-state index contributed by atoms with van der Waals surface area (Å²) >= 11 is 0. The maximum atomic E-state index is 11.9. The summed E-state index contributed by atoms with van der Waals surface area (Å²) in [5.74, 6) is 1.37. The van der Waals surface area contributed by atoms with Crippen LogP contribution in [0.25, 0.3) is 0 Å². The van der Waals surface area contributed by atoms with Crippen LogP contribution in [0.15, 0.2) is 0 Å². The van der Waals surface area contributed by atoms with Gasteiger partial charge in [0.25, 0.3) is 0 Å². The molecule has 0 radical (unpaired) electrons. The van der Waals surface area contributed by atoms with E-state index < -0.39 is 0 Å². The molecular formula is C14H25NO2. The molecule has 0 bridgehead atoms. The van der Waals surface area contributed by atoms with Gasteiger partial charge in [0, 0.05) is 25.7 Å². The van der Waals surface area contributed by atoms with Gasteiger partial charge in [-0.15, -0.1) is 0 Å². The monoisotopic (exact) mass is 239 g/mol. The van der Waals surface area contributed by atoms with E-state index in [1.54, 1.807) is 0 Å². The van der Waals surface area contributed by atoms with E-state index in [2.05, 4.69) is 5.32 Å². The van der Waals surface area contributed by atoms with Gasteiger partial charge in [0.05, 0.1) is 0 Å². The SMILES string of the molecule is O=C(NCCC1CCOCC1)C1CCCCC1. The maximum Gasteiger partial charge on any atom is 0.223 e. The molecule has 1 saturated carbocycles. The second-order valence-corrected chi connectivity index (χ2v) is 5.47. The Labute approximate surface area is 104 Å². The van der Waals surface area contributed by atoms with Crippen LogP contribution in [0.2, 0.25) is 0 Å².